The molecule has 0 aliphatic carbocycles. The average molecular weight is 286 g/mol. The molecule has 0 unspecified atom stereocenters. The van der Waals surface area contributed by atoms with E-state index in [1.54, 1.807) is 19.3 Å². The molecule has 0 aliphatic heterocycles. The number of nitrogens with zero attached hydrogens (tertiary/aromatic N) is 1. The Bertz CT molecular complexity index is 552. The molecule has 3 nitrogen and oxygen atoms in total. The average Bonchev–Trinajstić information content (AvgIpc) is 2.36. The first kappa shape index (κ1) is 12.9. The maximum Gasteiger partial charge on any atom is 0.160 e. The van der Waals surface area contributed by atoms with E-state index in [2.05, 4.69) is 15.6 Å². The molecule has 0 fully saturated rings. The molecule has 0 aliphatic rings. The summed E-state index contributed by atoms with van der Waals surface area (Å²) in [7, 11) is 1.78. The van der Waals surface area contributed by atoms with E-state index in [1.165, 1.54) is 12.1 Å². The van der Waals surface area contributed by atoms with Crippen LogP contribution in [0.15, 0.2) is 30.5 Å². The second kappa shape index (κ2) is 5.42. The van der Waals surface area contributed by atoms with Gasteiger partial charge in [0.2, 0.25) is 0 Å². The van der Waals surface area contributed by atoms with Gasteiger partial charge in [-0.25, -0.2) is 9.37 Å². The van der Waals surface area contributed by atoms with Gasteiger partial charge in [-0.2, -0.15) is 0 Å². The molecule has 2 N–H and O–H groups in total. The van der Waals surface area contributed by atoms with Gasteiger partial charge < -0.3 is 10.6 Å². The van der Waals surface area contributed by atoms with Crippen molar-refractivity contribution in [2.24, 2.45) is 0 Å². The molecule has 0 saturated heterocycles. The molecule has 2 rings (SSSR count). The van der Waals surface area contributed by atoms with Gasteiger partial charge >= 0.3 is 0 Å². The molecule has 1 aromatic heterocycles. The van der Waals surface area contributed by atoms with E-state index < -0.39 is 5.82 Å². The molecule has 2 aromatic rings. The van der Waals surface area contributed by atoms with Crippen molar-refractivity contribution in [2.75, 3.05) is 17.7 Å². The Labute approximate surface area is 114 Å². The van der Waals surface area contributed by atoms with Crippen LogP contribution in [0.2, 0.25) is 10.0 Å². The van der Waals surface area contributed by atoms with Crippen LogP contribution in [-0.4, -0.2) is 12.0 Å². The Kier molecular flexibility index (Phi) is 3.89. The van der Waals surface area contributed by atoms with E-state index >= 15 is 0 Å². The van der Waals surface area contributed by atoms with Crippen LogP contribution in [0.3, 0.4) is 0 Å². The molecule has 0 radical (unpaired) electrons. The van der Waals surface area contributed by atoms with Crippen molar-refractivity contribution in [1.82, 2.24) is 4.98 Å². The zero-order valence-electron chi connectivity index (χ0n) is 9.47. The lowest BCUT2D eigenvalue weighted by molar-refractivity contribution is 0.629. The van der Waals surface area contributed by atoms with Crippen molar-refractivity contribution in [3.63, 3.8) is 0 Å². The number of anilines is 3. The van der Waals surface area contributed by atoms with Gasteiger partial charge in [-0.1, -0.05) is 23.2 Å². The minimum absolute atomic E-state index is 0.0205. The van der Waals surface area contributed by atoms with E-state index in [1.807, 2.05) is 6.07 Å². The molecular formula is C12H10Cl2FN3. The first-order chi connectivity index (χ1) is 8.60. The Morgan fingerprint density at radius 3 is 2.39 bits per heavy atom. The number of benzene rings is 1. The normalized spacial score (nSPS) is 10.2. The molecule has 94 valence electrons. The summed E-state index contributed by atoms with van der Waals surface area (Å²) in [5.74, 6) is 0.105. The zero-order valence-corrected chi connectivity index (χ0v) is 11.0. The summed E-state index contributed by atoms with van der Waals surface area (Å²) in [6.45, 7) is 0. The summed E-state index contributed by atoms with van der Waals surface area (Å²) in [5.41, 5.74) is 1.41. The first-order valence-electron chi connectivity index (χ1n) is 5.15. The Morgan fingerprint density at radius 1 is 1.11 bits per heavy atom. The predicted molar refractivity (Wildman–Crippen MR) is 73.5 cm³/mol. The molecule has 6 heteroatoms. The number of hydrogen-bond donors (Lipinski definition) is 2. The molecular weight excluding hydrogens is 276 g/mol. The van der Waals surface area contributed by atoms with Gasteiger partial charge in [0.1, 0.15) is 5.82 Å². The summed E-state index contributed by atoms with van der Waals surface area (Å²) in [6.07, 6.45) is 1.65. The number of pyridine rings is 1. The van der Waals surface area contributed by atoms with Crippen LogP contribution in [0.1, 0.15) is 0 Å². The fraction of sp³-hybridized carbons (Fsp3) is 0.0833. The highest BCUT2D eigenvalue weighted by molar-refractivity contribution is 6.35. The summed E-state index contributed by atoms with van der Waals surface area (Å²) in [5, 5.41) is 5.95. The summed E-state index contributed by atoms with van der Waals surface area (Å²) in [6, 6.07) is 6.54. The molecule has 0 bridgehead atoms. The molecule has 0 atom stereocenters. The van der Waals surface area contributed by atoms with E-state index in [0.29, 0.717) is 5.69 Å². The Balaban J connectivity index is 2.28. The number of hydrogen-bond acceptors (Lipinski definition) is 3. The SMILES string of the molecule is CNc1cc(Nc2cc(Cl)c(F)c(Cl)c2)ccn1. The standard InChI is InChI=1S/C12H10Cl2FN3/c1-16-11-6-7(2-3-17-11)18-8-4-9(13)12(15)10(14)5-8/h2-6H,1H3,(H2,16,17,18). The molecule has 0 spiro atoms. The number of rotatable bonds is 3. The third-order valence-electron chi connectivity index (χ3n) is 2.29. The van der Waals surface area contributed by atoms with Gasteiger partial charge in [0.15, 0.2) is 5.82 Å². The largest absolute Gasteiger partial charge is 0.373 e. The summed E-state index contributed by atoms with van der Waals surface area (Å²) in [4.78, 5) is 4.09. The van der Waals surface area contributed by atoms with Gasteiger partial charge in [0.05, 0.1) is 10.0 Å². The first-order valence-corrected chi connectivity index (χ1v) is 5.91. The molecule has 1 heterocycles. The third-order valence-corrected chi connectivity index (χ3v) is 2.84. The minimum Gasteiger partial charge on any atom is -0.373 e. The van der Waals surface area contributed by atoms with Crippen molar-refractivity contribution in [2.45, 2.75) is 0 Å². The van der Waals surface area contributed by atoms with Crippen molar-refractivity contribution < 1.29 is 4.39 Å². The van der Waals surface area contributed by atoms with Gasteiger partial charge in [0, 0.05) is 30.7 Å². The fourth-order valence-corrected chi connectivity index (χ4v) is 1.93. The van der Waals surface area contributed by atoms with Crippen molar-refractivity contribution in [3.05, 3.63) is 46.3 Å². The van der Waals surface area contributed by atoms with Crippen molar-refractivity contribution in [3.8, 4) is 0 Å². The van der Waals surface area contributed by atoms with E-state index in [4.69, 9.17) is 23.2 Å². The van der Waals surface area contributed by atoms with Gasteiger partial charge in [-0.05, 0) is 18.2 Å². The monoisotopic (exact) mass is 285 g/mol. The van der Waals surface area contributed by atoms with Crippen LogP contribution < -0.4 is 10.6 Å². The second-order valence-corrected chi connectivity index (χ2v) is 4.37. The number of halogens is 3. The quantitative estimate of drug-likeness (QED) is 0.825. The maximum absolute atomic E-state index is 13.3. The lowest BCUT2D eigenvalue weighted by Gasteiger charge is -2.09. The van der Waals surface area contributed by atoms with Crippen LogP contribution in [-0.2, 0) is 0 Å². The number of aromatic nitrogens is 1. The topological polar surface area (TPSA) is 37.0 Å². The predicted octanol–water partition coefficient (Wildman–Crippen LogP) is 4.31. The lowest BCUT2D eigenvalue weighted by atomic mass is 10.3. The van der Waals surface area contributed by atoms with Crippen LogP contribution >= 0.6 is 23.2 Å². The van der Waals surface area contributed by atoms with Crippen LogP contribution in [0.5, 0.6) is 0 Å². The molecule has 0 saturated carbocycles. The Hall–Kier alpha value is -1.52. The van der Waals surface area contributed by atoms with Crippen LogP contribution in [0.4, 0.5) is 21.6 Å². The van der Waals surface area contributed by atoms with Gasteiger partial charge in [-0.15, -0.1) is 0 Å². The smallest absolute Gasteiger partial charge is 0.160 e. The number of nitrogens with one attached hydrogen (secondary N) is 2. The van der Waals surface area contributed by atoms with Crippen LogP contribution in [0.25, 0.3) is 0 Å². The molecule has 1 aromatic carbocycles. The van der Waals surface area contributed by atoms with E-state index in [9.17, 15) is 4.39 Å². The molecule has 18 heavy (non-hydrogen) atoms. The summed E-state index contributed by atoms with van der Waals surface area (Å²) >= 11 is 11.4. The van der Waals surface area contributed by atoms with Crippen molar-refractivity contribution >= 4 is 40.4 Å². The maximum atomic E-state index is 13.3. The van der Waals surface area contributed by atoms with Gasteiger partial charge in [0.25, 0.3) is 0 Å². The van der Waals surface area contributed by atoms with E-state index in [-0.39, 0.29) is 10.0 Å². The van der Waals surface area contributed by atoms with E-state index in [0.717, 1.165) is 11.5 Å². The Morgan fingerprint density at radius 2 is 1.78 bits per heavy atom. The lowest BCUT2D eigenvalue weighted by Crippen LogP contribution is -1.95. The molecule has 0 amide bonds. The van der Waals surface area contributed by atoms with Crippen molar-refractivity contribution in [1.29, 1.82) is 0 Å². The minimum atomic E-state index is -0.616. The van der Waals surface area contributed by atoms with Gasteiger partial charge in [-0.3, -0.25) is 0 Å². The zero-order chi connectivity index (χ0) is 13.1. The third kappa shape index (κ3) is 2.83. The highest BCUT2D eigenvalue weighted by Gasteiger charge is 2.07. The highest BCUT2D eigenvalue weighted by atomic mass is 35.5. The summed E-state index contributed by atoms with van der Waals surface area (Å²) < 4.78 is 13.3. The van der Waals surface area contributed by atoms with Crippen LogP contribution in [0, 0.1) is 5.82 Å². The fourth-order valence-electron chi connectivity index (χ4n) is 1.44. The highest BCUT2D eigenvalue weighted by Crippen LogP contribution is 2.29. The second-order valence-electron chi connectivity index (χ2n) is 3.56.